The molecular weight excluding hydrogens is 314 g/mol. The van der Waals surface area contributed by atoms with Crippen LogP contribution in [0.5, 0.6) is 0 Å². The second kappa shape index (κ2) is 6.41. The first-order valence-corrected chi connectivity index (χ1v) is 9.43. The number of carbonyl (C=O) groups is 1. The maximum atomic E-state index is 13.1. The smallest absolute Gasteiger partial charge is 0.255 e. The van der Waals surface area contributed by atoms with E-state index in [1.165, 1.54) is 25.8 Å². The molecule has 25 heavy (non-hydrogen) atoms. The van der Waals surface area contributed by atoms with E-state index in [9.17, 15) is 4.79 Å². The molecule has 0 saturated carbocycles. The van der Waals surface area contributed by atoms with Crippen LogP contribution in [-0.4, -0.2) is 62.7 Å². The molecule has 6 heteroatoms. The van der Waals surface area contributed by atoms with Crippen LogP contribution in [0.1, 0.15) is 55.2 Å². The van der Waals surface area contributed by atoms with Gasteiger partial charge in [-0.15, -0.1) is 0 Å². The summed E-state index contributed by atoms with van der Waals surface area (Å²) in [5, 5.41) is 5.37. The van der Waals surface area contributed by atoms with Crippen molar-refractivity contribution in [3.8, 4) is 0 Å². The number of fused-ring (bicyclic) bond motifs is 2. The molecule has 134 valence electrons. The minimum Gasteiger partial charge on any atom is -0.336 e. The third-order valence-corrected chi connectivity index (χ3v) is 5.60. The molecule has 6 nitrogen and oxygen atoms in total. The molecule has 0 unspecified atom stereocenters. The van der Waals surface area contributed by atoms with Crippen LogP contribution in [0.4, 0.5) is 0 Å². The number of aromatic nitrogens is 3. The van der Waals surface area contributed by atoms with Gasteiger partial charge in [-0.1, -0.05) is 6.42 Å². The highest BCUT2D eigenvalue weighted by Gasteiger charge is 2.32. The van der Waals surface area contributed by atoms with Gasteiger partial charge in [-0.05, 0) is 46.2 Å². The van der Waals surface area contributed by atoms with Crippen LogP contribution < -0.4 is 0 Å². The zero-order chi connectivity index (χ0) is 17.6. The van der Waals surface area contributed by atoms with E-state index in [0.717, 1.165) is 41.9 Å². The second-order valence-corrected chi connectivity index (χ2v) is 7.65. The Kier molecular flexibility index (Phi) is 4.23. The number of piperazine rings is 1. The fraction of sp³-hybridized carbons (Fsp3) is 0.632. The van der Waals surface area contributed by atoms with Crippen LogP contribution in [0.2, 0.25) is 0 Å². The Labute approximate surface area is 148 Å². The molecule has 0 bridgehead atoms. The standard InChI is InChI=1S/C19H27N5O/c1-13(2)24-18-15(11-20-24)10-17(14(3)21-18)19(25)23-9-8-22-7-5-4-6-16(22)12-23/h10-11,13,16H,4-9,12H2,1-3H3/t16-/m1/s1. The summed E-state index contributed by atoms with van der Waals surface area (Å²) in [4.78, 5) is 22.4. The molecule has 1 atom stereocenters. The highest BCUT2D eigenvalue weighted by atomic mass is 16.2. The molecular formula is C19H27N5O. The molecule has 2 aliphatic heterocycles. The summed E-state index contributed by atoms with van der Waals surface area (Å²) in [7, 11) is 0. The average Bonchev–Trinajstić information content (AvgIpc) is 3.03. The SMILES string of the molecule is Cc1nc2c(cnn2C(C)C)cc1C(=O)N1CCN2CCCC[C@@H]2C1. The number of pyridine rings is 1. The lowest BCUT2D eigenvalue weighted by atomic mass is 9.99. The number of hydrogen-bond donors (Lipinski definition) is 0. The molecule has 2 aliphatic rings. The summed E-state index contributed by atoms with van der Waals surface area (Å²) in [6, 6.07) is 2.76. The van der Waals surface area contributed by atoms with Crippen LogP contribution in [0.25, 0.3) is 11.0 Å². The van der Waals surface area contributed by atoms with Crippen molar-refractivity contribution in [3.63, 3.8) is 0 Å². The Morgan fingerprint density at radius 1 is 1.24 bits per heavy atom. The Balaban J connectivity index is 1.60. The Morgan fingerprint density at radius 3 is 2.88 bits per heavy atom. The molecule has 1 amide bonds. The summed E-state index contributed by atoms with van der Waals surface area (Å²) in [6.07, 6.45) is 5.60. The Hall–Kier alpha value is -1.95. The van der Waals surface area contributed by atoms with Crippen LogP contribution in [0.15, 0.2) is 12.3 Å². The number of hydrogen-bond acceptors (Lipinski definition) is 4. The molecule has 0 aromatic carbocycles. The minimum atomic E-state index is 0.120. The van der Waals surface area contributed by atoms with E-state index < -0.39 is 0 Å². The van der Waals surface area contributed by atoms with Gasteiger partial charge in [0.2, 0.25) is 0 Å². The highest BCUT2D eigenvalue weighted by molar-refractivity contribution is 5.98. The first kappa shape index (κ1) is 16.5. The first-order valence-electron chi connectivity index (χ1n) is 9.43. The van der Waals surface area contributed by atoms with E-state index in [1.54, 1.807) is 0 Å². The first-order chi connectivity index (χ1) is 12.0. The number of carbonyl (C=O) groups excluding carboxylic acids is 1. The summed E-state index contributed by atoms with van der Waals surface area (Å²) < 4.78 is 1.91. The average molecular weight is 341 g/mol. The fourth-order valence-electron chi connectivity index (χ4n) is 4.17. The van der Waals surface area contributed by atoms with E-state index in [-0.39, 0.29) is 11.9 Å². The van der Waals surface area contributed by atoms with Crippen molar-refractivity contribution < 1.29 is 4.79 Å². The van der Waals surface area contributed by atoms with Crippen molar-refractivity contribution in [2.24, 2.45) is 0 Å². The summed E-state index contributed by atoms with van der Waals surface area (Å²) in [6.45, 7) is 9.96. The third-order valence-electron chi connectivity index (χ3n) is 5.60. The molecule has 2 aromatic heterocycles. The lowest BCUT2D eigenvalue weighted by Crippen LogP contribution is -2.56. The maximum Gasteiger partial charge on any atom is 0.255 e. The number of amides is 1. The van der Waals surface area contributed by atoms with Crippen LogP contribution in [0, 0.1) is 6.92 Å². The van der Waals surface area contributed by atoms with Gasteiger partial charge in [0.05, 0.1) is 17.5 Å². The van der Waals surface area contributed by atoms with Gasteiger partial charge in [-0.25, -0.2) is 9.67 Å². The molecule has 0 N–H and O–H groups in total. The molecule has 4 rings (SSSR count). The van der Waals surface area contributed by atoms with Gasteiger partial charge in [-0.2, -0.15) is 5.10 Å². The molecule has 0 radical (unpaired) electrons. The van der Waals surface area contributed by atoms with Crippen molar-refractivity contribution in [3.05, 3.63) is 23.5 Å². The fourth-order valence-corrected chi connectivity index (χ4v) is 4.17. The number of rotatable bonds is 2. The summed E-state index contributed by atoms with van der Waals surface area (Å²) in [5.41, 5.74) is 2.38. The van der Waals surface area contributed by atoms with Crippen LogP contribution in [-0.2, 0) is 0 Å². The van der Waals surface area contributed by atoms with Gasteiger partial charge in [0.25, 0.3) is 5.91 Å². The van der Waals surface area contributed by atoms with E-state index >= 15 is 0 Å². The topological polar surface area (TPSA) is 54.3 Å². The highest BCUT2D eigenvalue weighted by Crippen LogP contribution is 2.24. The lowest BCUT2D eigenvalue weighted by Gasteiger charge is -2.44. The van der Waals surface area contributed by atoms with Gasteiger partial charge >= 0.3 is 0 Å². The van der Waals surface area contributed by atoms with Crippen molar-refractivity contribution in [1.82, 2.24) is 24.6 Å². The Morgan fingerprint density at radius 2 is 2.08 bits per heavy atom. The van der Waals surface area contributed by atoms with Crippen molar-refractivity contribution in [2.45, 2.75) is 52.1 Å². The number of aryl methyl sites for hydroxylation is 1. The molecule has 2 aromatic rings. The van der Waals surface area contributed by atoms with E-state index in [1.807, 2.05) is 28.8 Å². The van der Waals surface area contributed by atoms with Crippen LogP contribution >= 0.6 is 0 Å². The van der Waals surface area contributed by atoms with E-state index in [4.69, 9.17) is 4.98 Å². The predicted octanol–water partition coefficient (Wildman–Crippen LogP) is 2.63. The lowest BCUT2D eigenvalue weighted by molar-refractivity contribution is 0.0372. The molecule has 0 aliphatic carbocycles. The zero-order valence-electron chi connectivity index (χ0n) is 15.4. The summed E-state index contributed by atoms with van der Waals surface area (Å²) >= 11 is 0. The normalized spacial score (nSPS) is 21.8. The quantitative estimate of drug-likeness (QED) is 0.843. The molecule has 2 fully saturated rings. The van der Waals surface area contributed by atoms with Gasteiger partial charge in [0, 0.05) is 37.1 Å². The minimum absolute atomic E-state index is 0.120. The van der Waals surface area contributed by atoms with Gasteiger partial charge in [0.1, 0.15) is 0 Å². The number of piperidine rings is 1. The number of nitrogens with zero attached hydrogens (tertiary/aromatic N) is 5. The monoisotopic (exact) mass is 341 g/mol. The van der Waals surface area contributed by atoms with Crippen molar-refractivity contribution in [2.75, 3.05) is 26.2 Å². The van der Waals surface area contributed by atoms with Crippen molar-refractivity contribution in [1.29, 1.82) is 0 Å². The Bertz CT molecular complexity index is 796. The molecule has 2 saturated heterocycles. The summed E-state index contributed by atoms with van der Waals surface area (Å²) in [5.74, 6) is 0.120. The van der Waals surface area contributed by atoms with Gasteiger partial charge in [-0.3, -0.25) is 9.69 Å². The molecule has 0 spiro atoms. The van der Waals surface area contributed by atoms with E-state index in [2.05, 4.69) is 23.8 Å². The van der Waals surface area contributed by atoms with Gasteiger partial charge in [0.15, 0.2) is 5.65 Å². The van der Waals surface area contributed by atoms with Crippen molar-refractivity contribution >= 4 is 16.9 Å². The molecule has 4 heterocycles. The van der Waals surface area contributed by atoms with Gasteiger partial charge < -0.3 is 4.90 Å². The maximum absolute atomic E-state index is 13.1. The zero-order valence-corrected chi connectivity index (χ0v) is 15.4. The third kappa shape index (κ3) is 2.92. The van der Waals surface area contributed by atoms with Crippen LogP contribution in [0.3, 0.4) is 0 Å². The van der Waals surface area contributed by atoms with E-state index in [0.29, 0.717) is 6.04 Å². The largest absolute Gasteiger partial charge is 0.336 e. The second-order valence-electron chi connectivity index (χ2n) is 7.65. The predicted molar refractivity (Wildman–Crippen MR) is 97.8 cm³/mol.